The van der Waals surface area contributed by atoms with Crippen molar-refractivity contribution in [2.24, 2.45) is 0 Å². The standard InChI is InChI=1S/C40H34N2O6/c1-47-38(45)37(44)35(41-39(46)48-26-34-32-23-13-11-21-30(32)31-22-12-14-24-33(31)34)25-36(43)42-40(27-15-5-2-6-16-27,28-17-7-3-8-18-28)29-19-9-4-10-20-29/h2-24,34-35H,25-26H2,1H3,(H,41,46)(H,42,43)/t35-/m0/s1. The number of nitrogens with one attached hydrogen (secondary N) is 2. The van der Waals surface area contributed by atoms with E-state index in [2.05, 4.69) is 15.4 Å². The van der Waals surface area contributed by atoms with E-state index < -0.39 is 41.8 Å². The summed E-state index contributed by atoms with van der Waals surface area (Å²) in [6.07, 6.45) is -1.49. The fraction of sp³-hybridized carbons (Fsp3) is 0.150. The SMILES string of the molecule is COC(=O)C(=O)[C@H](CC(=O)NC(c1ccccc1)(c1ccccc1)c1ccccc1)NC(=O)OCC1c2ccccc2-c2ccccc21. The Morgan fingerprint density at radius 2 is 1.08 bits per heavy atom. The maximum absolute atomic E-state index is 14.0. The second-order valence-corrected chi connectivity index (χ2v) is 11.5. The van der Waals surface area contributed by atoms with Crippen LogP contribution in [0.5, 0.6) is 0 Å². The first-order valence-electron chi connectivity index (χ1n) is 15.6. The van der Waals surface area contributed by atoms with E-state index in [4.69, 9.17) is 4.74 Å². The number of fused-ring (bicyclic) bond motifs is 3. The van der Waals surface area contributed by atoms with Gasteiger partial charge in [0, 0.05) is 5.92 Å². The summed E-state index contributed by atoms with van der Waals surface area (Å²) in [5.74, 6) is -3.07. The Balaban J connectivity index is 1.25. The minimum atomic E-state index is -1.55. The number of benzene rings is 5. The number of ketones is 1. The molecule has 0 fully saturated rings. The first-order valence-corrected chi connectivity index (χ1v) is 15.6. The molecule has 2 N–H and O–H groups in total. The molecule has 0 radical (unpaired) electrons. The minimum absolute atomic E-state index is 0.00960. The third-order valence-corrected chi connectivity index (χ3v) is 8.68. The highest BCUT2D eigenvalue weighted by Crippen LogP contribution is 2.44. The van der Waals surface area contributed by atoms with Gasteiger partial charge in [0.05, 0.1) is 13.5 Å². The van der Waals surface area contributed by atoms with Gasteiger partial charge in [-0.2, -0.15) is 0 Å². The van der Waals surface area contributed by atoms with Crippen LogP contribution in [0.3, 0.4) is 0 Å². The van der Waals surface area contributed by atoms with Gasteiger partial charge in [0.15, 0.2) is 0 Å². The maximum atomic E-state index is 14.0. The minimum Gasteiger partial charge on any atom is -0.463 e. The number of carbonyl (C=O) groups is 4. The van der Waals surface area contributed by atoms with Crippen LogP contribution < -0.4 is 10.6 Å². The van der Waals surface area contributed by atoms with E-state index in [1.54, 1.807) is 0 Å². The molecule has 8 nitrogen and oxygen atoms in total. The second-order valence-electron chi connectivity index (χ2n) is 11.5. The molecule has 0 heterocycles. The highest BCUT2D eigenvalue weighted by molar-refractivity contribution is 6.36. The van der Waals surface area contributed by atoms with Gasteiger partial charge >= 0.3 is 12.1 Å². The van der Waals surface area contributed by atoms with Crippen molar-refractivity contribution in [3.8, 4) is 11.1 Å². The number of rotatable bonds is 11. The lowest BCUT2D eigenvalue weighted by molar-refractivity contribution is -0.152. The van der Waals surface area contributed by atoms with E-state index in [1.165, 1.54) is 0 Å². The number of methoxy groups -OCH3 is 1. The van der Waals surface area contributed by atoms with Crippen LogP contribution in [-0.2, 0) is 29.4 Å². The van der Waals surface area contributed by atoms with Crippen LogP contribution in [0, 0.1) is 0 Å². The molecule has 8 heteroatoms. The molecule has 2 amide bonds. The van der Waals surface area contributed by atoms with E-state index >= 15 is 0 Å². The summed E-state index contributed by atoms with van der Waals surface area (Å²) in [5.41, 5.74) is 5.33. The molecule has 1 aliphatic carbocycles. The van der Waals surface area contributed by atoms with Gasteiger partial charge in [0.25, 0.3) is 5.78 Å². The Kier molecular flexibility index (Phi) is 9.43. The molecule has 0 bridgehead atoms. The van der Waals surface area contributed by atoms with Crippen molar-refractivity contribution in [3.05, 3.63) is 167 Å². The third kappa shape index (κ3) is 6.33. The van der Waals surface area contributed by atoms with Crippen molar-refractivity contribution in [1.29, 1.82) is 0 Å². The van der Waals surface area contributed by atoms with Gasteiger partial charge in [-0.3, -0.25) is 9.59 Å². The lowest BCUT2D eigenvalue weighted by Gasteiger charge is -2.37. The van der Waals surface area contributed by atoms with Gasteiger partial charge in [0.1, 0.15) is 18.2 Å². The largest absolute Gasteiger partial charge is 0.463 e. The van der Waals surface area contributed by atoms with Gasteiger partial charge in [-0.15, -0.1) is 0 Å². The zero-order chi connectivity index (χ0) is 33.5. The smallest absolute Gasteiger partial charge is 0.407 e. The van der Waals surface area contributed by atoms with Crippen LogP contribution in [0.2, 0.25) is 0 Å². The lowest BCUT2D eigenvalue weighted by atomic mass is 9.77. The molecule has 0 saturated heterocycles. The molecular formula is C40H34N2O6. The van der Waals surface area contributed by atoms with E-state index in [0.29, 0.717) is 0 Å². The monoisotopic (exact) mass is 638 g/mol. The number of alkyl carbamates (subject to hydrolysis) is 1. The molecule has 0 spiro atoms. The Labute approximate surface area is 278 Å². The van der Waals surface area contributed by atoms with Gasteiger partial charge < -0.3 is 20.1 Å². The van der Waals surface area contributed by atoms with Crippen LogP contribution in [-0.4, -0.2) is 43.5 Å². The van der Waals surface area contributed by atoms with E-state index in [0.717, 1.165) is 46.1 Å². The number of hydrogen-bond donors (Lipinski definition) is 2. The molecule has 0 saturated carbocycles. The quantitative estimate of drug-likeness (QED) is 0.102. The van der Waals surface area contributed by atoms with Crippen LogP contribution in [0.15, 0.2) is 140 Å². The van der Waals surface area contributed by atoms with Gasteiger partial charge in [-0.1, -0.05) is 140 Å². The number of ether oxygens (including phenoxy) is 2. The van der Waals surface area contributed by atoms with E-state index in [1.807, 2.05) is 140 Å². The van der Waals surface area contributed by atoms with Crippen LogP contribution in [0.4, 0.5) is 4.79 Å². The number of carbonyl (C=O) groups excluding carboxylic acids is 4. The number of amides is 2. The van der Waals surface area contributed by atoms with Crippen molar-refractivity contribution in [2.75, 3.05) is 13.7 Å². The summed E-state index contributed by atoms with van der Waals surface area (Å²) in [6, 6.07) is 42.7. The highest BCUT2D eigenvalue weighted by Gasteiger charge is 2.40. The summed E-state index contributed by atoms with van der Waals surface area (Å²) in [6.45, 7) is -0.00960. The Bertz CT molecular complexity index is 1790. The van der Waals surface area contributed by atoms with Gasteiger partial charge in [-0.05, 0) is 38.9 Å². The highest BCUT2D eigenvalue weighted by atomic mass is 16.5. The molecule has 5 aromatic rings. The van der Waals surface area contributed by atoms with Crippen molar-refractivity contribution < 1.29 is 28.7 Å². The number of hydrogen-bond acceptors (Lipinski definition) is 6. The molecule has 1 aliphatic rings. The topological polar surface area (TPSA) is 111 Å². The maximum Gasteiger partial charge on any atom is 0.407 e. The summed E-state index contributed by atoms with van der Waals surface area (Å²) in [7, 11) is 1.07. The zero-order valence-electron chi connectivity index (χ0n) is 26.3. The van der Waals surface area contributed by atoms with Crippen molar-refractivity contribution in [2.45, 2.75) is 23.9 Å². The second kappa shape index (κ2) is 14.2. The summed E-state index contributed by atoms with van der Waals surface area (Å²) >= 11 is 0. The Morgan fingerprint density at radius 1 is 0.646 bits per heavy atom. The van der Waals surface area contributed by atoms with Gasteiger partial charge in [-0.25, -0.2) is 9.59 Å². The summed E-state index contributed by atoms with van der Waals surface area (Å²) < 4.78 is 10.3. The fourth-order valence-corrected chi connectivity index (χ4v) is 6.46. The Hall–Kier alpha value is -6.02. The normalized spacial score (nSPS) is 12.6. The molecule has 240 valence electrons. The fourth-order valence-electron chi connectivity index (χ4n) is 6.46. The Morgan fingerprint density at radius 3 is 1.54 bits per heavy atom. The van der Waals surface area contributed by atoms with Crippen LogP contribution in [0.25, 0.3) is 11.1 Å². The number of Topliss-reactive ketones (excluding diaryl/α,β-unsaturated/α-hetero) is 1. The molecule has 5 aromatic carbocycles. The summed E-state index contributed by atoms with van der Waals surface area (Å²) in [5, 5.41) is 5.63. The lowest BCUT2D eigenvalue weighted by Crippen LogP contribution is -2.52. The summed E-state index contributed by atoms with van der Waals surface area (Å²) in [4.78, 5) is 52.8. The van der Waals surface area contributed by atoms with Crippen molar-refractivity contribution in [3.63, 3.8) is 0 Å². The molecule has 0 unspecified atom stereocenters. The van der Waals surface area contributed by atoms with E-state index in [-0.39, 0.29) is 12.5 Å². The predicted molar refractivity (Wildman–Crippen MR) is 181 cm³/mol. The first kappa shape index (κ1) is 31.9. The van der Waals surface area contributed by atoms with Crippen LogP contribution >= 0.6 is 0 Å². The van der Waals surface area contributed by atoms with Crippen molar-refractivity contribution >= 4 is 23.8 Å². The molecule has 0 aromatic heterocycles. The molecular weight excluding hydrogens is 604 g/mol. The van der Waals surface area contributed by atoms with E-state index in [9.17, 15) is 19.2 Å². The average molecular weight is 639 g/mol. The predicted octanol–water partition coefficient (Wildman–Crippen LogP) is 6.13. The molecule has 1 atom stereocenters. The number of esters is 1. The molecule has 48 heavy (non-hydrogen) atoms. The van der Waals surface area contributed by atoms with Crippen molar-refractivity contribution in [1.82, 2.24) is 10.6 Å². The zero-order valence-corrected chi connectivity index (χ0v) is 26.3. The van der Waals surface area contributed by atoms with Gasteiger partial charge in [0.2, 0.25) is 5.91 Å². The first-order chi connectivity index (χ1) is 23.4. The molecule has 6 rings (SSSR count). The third-order valence-electron chi connectivity index (χ3n) is 8.68. The average Bonchev–Trinajstić information content (AvgIpc) is 3.46. The van der Waals surface area contributed by atoms with Crippen LogP contribution in [0.1, 0.15) is 40.2 Å². The molecule has 0 aliphatic heterocycles.